The highest BCUT2D eigenvalue weighted by Gasteiger charge is 2.17. The minimum Gasteiger partial charge on any atom is -0.298 e. The molecule has 5 heteroatoms. The van der Waals surface area contributed by atoms with Crippen LogP contribution in [0.1, 0.15) is 15.9 Å². The summed E-state index contributed by atoms with van der Waals surface area (Å²) in [5, 5.41) is 0.643. The van der Waals surface area contributed by atoms with Gasteiger partial charge in [0, 0.05) is 17.1 Å². The molecule has 21 heavy (non-hydrogen) atoms. The Kier molecular flexibility index (Phi) is 3.35. The Morgan fingerprint density at radius 3 is 2.43 bits per heavy atom. The molecule has 0 amide bonds. The molecule has 0 bridgehead atoms. The molecule has 0 aliphatic heterocycles. The number of aldehydes is 1. The molecule has 0 fully saturated rings. The predicted molar refractivity (Wildman–Crippen MR) is 81.8 cm³/mol. The molecule has 0 radical (unpaired) electrons. The van der Waals surface area contributed by atoms with Gasteiger partial charge in [-0.15, -0.1) is 0 Å². The molecule has 0 saturated carbocycles. The molecular weight excluding hydrogens is 286 g/mol. The molecule has 3 aromatic rings. The van der Waals surface area contributed by atoms with Gasteiger partial charge >= 0.3 is 0 Å². The number of hydrogen-bond acceptors (Lipinski definition) is 3. The van der Waals surface area contributed by atoms with Gasteiger partial charge in [-0.05, 0) is 17.7 Å². The van der Waals surface area contributed by atoms with Crippen LogP contribution in [0.2, 0.25) is 0 Å². The Morgan fingerprint density at radius 1 is 0.952 bits per heavy atom. The molecule has 0 atom stereocenters. The van der Waals surface area contributed by atoms with Gasteiger partial charge in [-0.3, -0.25) is 4.79 Å². The van der Waals surface area contributed by atoms with Gasteiger partial charge in [0.1, 0.15) is 0 Å². The van der Waals surface area contributed by atoms with E-state index in [1.165, 1.54) is 10.2 Å². The molecule has 106 valence electrons. The smallest absolute Gasteiger partial charge is 0.243 e. The van der Waals surface area contributed by atoms with E-state index in [4.69, 9.17) is 0 Å². The average molecular weight is 299 g/mol. The number of rotatable bonds is 4. The van der Waals surface area contributed by atoms with Crippen LogP contribution in [0.25, 0.3) is 10.9 Å². The summed E-state index contributed by atoms with van der Waals surface area (Å²) in [5.74, 6) is -0.0804. The highest BCUT2D eigenvalue weighted by Crippen LogP contribution is 2.22. The van der Waals surface area contributed by atoms with E-state index in [0.29, 0.717) is 16.5 Å². The molecule has 0 unspecified atom stereocenters. The summed E-state index contributed by atoms with van der Waals surface area (Å²) in [4.78, 5) is 11.0. The zero-order valence-electron chi connectivity index (χ0n) is 11.1. The molecule has 1 aromatic heterocycles. The Hall–Kier alpha value is -2.40. The number of carbonyl (C=O) groups is 1. The van der Waals surface area contributed by atoms with Crippen molar-refractivity contribution in [3.63, 3.8) is 0 Å². The van der Waals surface area contributed by atoms with E-state index in [0.717, 1.165) is 11.8 Å². The Balaban J connectivity index is 2.10. The van der Waals surface area contributed by atoms with Gasteiger partial charge < -0.3 is 0 Å². The fraction of sp³-hybridized carbons (Fsp3) is 0.0625. The van der Waals surface area contributed by atoms with Crippen LogP contribution in [0.4, 0.5) is 0 Å². The van der Waals surface area contributed by atoms with Crippen molar-refractivity contribution in [3.8, 4) is 0 Å². The summed E-state index contributed by atoms with van der Waals surface area (Å²) < 4.78 is 26.3. The fourth-order valence-corrected chi connectivity index (χ4v) is 3.82. The number of hydrogen-bond donors (Lipinski definition) is 0. The maximum Gasteiger partial charge on any atom is 0.243 e. The van der Waals surface area contributed by atoms with Crippen LogP contribution >= 0.6 is 0 Å². The van der Waals surface area contributed by atoms with Gasteiger partial charge in [0.2, 0.25) is 10.0 Å². The maximum atomic E-state index is 12.6. The fourth-order valence-electron chi connectivity index (χ4n) is 2.37. The molecular formula is C16H13NO3S. The SMILES string of the molecule is O=Cc1cccc2c1ccn2S(=O)(=O)Cc1ccccc1. The van der Waals surface area contributed by atoms with Crippen molar-refractivity contribution in [2.45, 2.75) is 5.75 Å². The highest BCUT2D eigenvalue weighted by atomic mass is 32.2. The van der Waals surface area contributed by atoms with Crippen LogP contribution in [-0.2, 0) is 15.8 Å². The monoisotopic (exact) mass is 299 g/mol. The number of carbonyl (C=O) groups excluding carboxylic acids is 1. The van der Waals surface area contributed by atoms with Crippen LogP contribution in [0.3, 0.4) is 0 Å². The lowest BCUT2D eigenvalue weighted by molar-refractivity contribution is 0.112. The van der Waals surface area contributed by atoms with E-state index in [-0.39, 0.29) is 5.75 Å². The first-order valence-corrected chi connectivity index (χ1v) is 8.05. The number of aromatic nitrogens is 1. The highest BCUT2D eigenvalue weighted by molar-refractivity contribution is 7.89. The van der Waals surface area contributed by atoms with Gasteiger partial charge in [0.05, 0.1) is 11.3 Å². The van der Waals surface area contributed by atoms with Gasteiger partial charge in [-0.2, -0.15) is 0 Å². The van der Waals surface area contributed by atoms with Crippen molar-refractivity contribution in [2.24, 2.45) is 0 Å². The second kappa shape index (κ2) is 5.18. The van der Waals surface area contributed by atoms with Gasteiger partial charge in [0.25, 0.3) is 0 Å². The summed E-state index contributed by atoms with van der Waals surface area (Å²) in [7, 11) is -3.52. The normalized spacial score (nSPS) is 11.6. The zero-order chi connectivity index (χ0) is 14.9. The molecule has 0 spiro atoms. The Labute approximate surface area is 122 Å². The van der Waals surface area contributed by atoms with Crippen molar-refractivity contribution in [1.29, 1.82) is 0 Å². The summed E-state index contributed by atoms with van der Waals surface area (Å²) in [6.07, 6.45) is 2.23. The third-order valence-corrected chi connectivity index (χ3v) is 4.97. The van der Waals surface area contributed by atoms with E-state index < -0.39 is 10.0 Å². The standard InChI is InChI=1S/C16H13NO3S/c18-11-14-7-4-8-16-15(14)9-10-17(16)21(19,20)12-13-5-2-1-3-6-13/h1-11H,12H2. The summed E-state index contributed by atoms with van der Waals surface area (Å²) in [5.41, 5.74) is 1.74. The quantitative estimate of drug-likeness (QED) is 0.696. The van der Waals surface area contributed by atoms with Gasteiger partial charge in [-0.1, -0.05) is 42.5 Å². The summed E-state index contributed by atoms with van der Waals surface area (Å²) in [6, 6.07) is 15.7. The molecule has 0 aliphatic carbocycles. The predicted octanol–water partition coefficient (Wildman–Crippen LogP) is 2.83. The third-order valence-electron chi connectivity index (χ3n) is 3.35. The lowest BCUT2D eigenvalue weighted by Crippen LogP contribution is -2.13. The molecule has 0 N–H and O–H groups in total. The van der Waals surface area contributed by atoms with E-state index in [9.17, 15) is 13.2 Å². The summed E-state index contributed by atoms with van der Waals surface area (Å²) >= 11 is 0. The van der Waals surface area contributed by atoms with Crippen LogP contribution < -0.4 is 0 Å². The zero-order valence-corrected chi connectivity index (χ0v) is 12.0. The van der Waals surface area contributed by atoms with Crippen LogP contribution in [0.15, 0.2) is 60.8 Å². The molecule has 0 aliphatic rings. The molecule has 2 aromatic carbocycles. The second-order valence-electron chi connectivity index (χ2n) is 4.75. The average Bonchev–Trinajstić information content (AvgIpc) is 2.92. The topological polar surface area (TPSA) is 56.1 Å². The first-order chi connectivity index (χ1) is 10.1. The van der Waals surface area contributed by atoms with Crippen LogP contribution in [0, 0.1) is 0 Å². The van der Waals surface area contributed by atoms with Crippen LogP contribution in [0.5, 0.6) is 0 Å². The largest absolute Gasteiger partial charge is 0.298 e. The van der Waals surface area contributed by atoms with Crippen molar-refractivity contribution in [3.05, 3.63) is 71.9 Å². The van der Waals surface area contributed by atoms with E-state index in [2.05, 4.69) is 0 Å². The Morgan fingerprint density at radius 2 is 1.71 bits per heavy atom. The van der Waals surface area contributed by atoms with Crippen molar-refractivity contribution < 1.29 is 13.2 Å². The van der Waals surface area contributed by atoms with Crippen LogP contribution in [-0.4, -0.2) is 18.7 Å². The van der Waals surface area contributed by atoms with Gasteiger partial charge in [-0.25, -0.2) is 12.4 Å². The maximum absolute atomic E-state index is 12.6. The van der Waals surface area contributed by atoms with E-state index >= 15 is 0 Å². The lowest BCUT2D eigenvalue weighted by Gasteiger charge is -2.08. The van der Waals surface area contributed by atoms with E-state index in [1.807, 2.05) is 18.2 Å². The molecule has 4 nitrogen and oxygen atoms in total. The number of nitrogens with zero attached hydrogens (tertiary/aromatic N) is 1. The first-order valence-electron chi connectivity index (χ1n) is 6.44. The molecule has 3 rings (SSSR count). The van der Waals surface area contributed by atoms with Crippen molar-refractivity contribution in [2.75, 3.05) is 0 Å². The Bertz CT molecular complexity index is 896. The molecule has 0 saturated heterocycles. The number of benzene rings is 2. The molecule has 1 heterocycles. The lowest BCUT2D eigenvalue weighted by atomic mass is 10.1. The van der Waals surface area contributed by atoms with Crippen molar-refractivity contribution in [1.82, 2.24) is 3.97 Å². The van der Waals surface area contributed by atoms with Gasteiger partial charge in [0.15, 0.2) is 6.29 Å². The minimum absolute atomic E-state index is 0.0804. The first kappa shape index (κ1) is 13.6. The van der Waals surface area contributed by atoms with E-state index in [1.54, 1.807) is 36.4 Å². The van der Waals surface area contributed by atoms with Crippen molar-refractivity contribution >= 4 is 27.2 Å². The number of fused-ring (bicyclic) bond motifs is 1. The minimum atomic E-state index is -3.52. The summed E-state index contributed by atoms with van der Waals surface area (Å²) in [6.45, 7) is 0. The third kappa shape index (κ3) is 2.48. The second-order valence-corrected chi connectivity index (χ2v) is 6.60.